The van der Waals surface area contributed by atoms with E-state index in [9.17, 15) is 9.59 Å². The van der Waals surface area contributed by atoms with Crippen molar-refractivity contribution in [1.29, 1.82) is 0 Å². The van der Waals surface area contributed by atoms with Gasteiger partial charge in [-0.15, -0.1) is 0 Å². The number of carbonyl (C=O) groups is 2. The Hall–Kier alpha value is -1.56. The summed E-state index contributed by atoms with van der Waals surface area (Å²) >= 11 is 3.36. The van der Waals surface area contributed by atoms with Gasteiger partial charge in [0.15, 0.2) is 0 Å². The molecule has 0 aliphatic heterocycles. The minimum Gasteiger partial charge on any atom is -0.481 e. The molecule has 0 fully saturated rings. The van der Waals surface area contributed by atoms with Crippen molar-refractivity contribution in [3.05, 3.63) is 34.3 Å². The summed E-state index contributed by atoms with van der Waals surface area (Å²) in [5, 5.41) is 11.8. The number of carbonyl (C=O) groups excluding carboxylic acids is 1. The first-order valence-electron chi connectivity index (χ1n) is 6.77. The van der Waals surface area contributed by atoms with Gasteiger partial charge in [-0.1, -0.05) is 41.9 Å². The lowest BCUT2D eigenvalue weighted by molar-refractivity contribution is -0.142. The molecule has 1 unspecified atom stereocenters. The first-order valence-corrected chi connectivity index (χ1v) is 7.56. The van der Waals surface area contributed by atoms with Crippen molar-refractivity contribution in [2.24, 2.45) is 11.8 Å². The predicted molar refractivity (Wildman–Crippen MR) is 85.0 cm³/mol. The maximum Gasteiger partial charge on any atom is 0.317 e. The quantitative estimate of drug-likeness (QED) is 0.823. The van der Waals surface area contributed by atoms with Crippen molar-refractivity contribution in [1.82, 2.24) is 10.2 Å². The van der Waals surface area contributed by atoms with Crippen LogP contribution in [0.5, 0.6) is 0 Å². The zero-order valence-corrected chi connectivity index (χ0v) is 14.1. The van der Waals surface area contributed by atoms with Gasteiger partial charge in [0.05, 0.1) is 5.92 Å². The first kappa shape index (κ1) is 17.5. The Balaban J connectivity index is 2.51. The van der Waals surface area contributed by atoms with E-state index in [0.29, 0.717) is 6.54 Å². The van der Waals surface area contributed by atoms with Crippen LogP contribution in [0.2, 0.25) is 0 Å². The lowest BCUT2D eigenvalue weighted by Crippen LogP contribution is -2.41. The summed E-state index contributed by atoms with van der Waals surface area (Å²) in [6.07, 6.45) is 0. The molecule has 5 nitrogen and oxygen atoms in total. The Morgan fingerprint density at radius 2 is 1.86 bits per heavy atom. The summed E-state index contributed by atoms with van der Waals surface area (Å²) in [7, 11) is 1.68. The number of hydrogen-bond donors (Lipinski definition) is 2. The molecule has 0 saturated heterocycles. The normalized spacial score (nSPS) is 12.0. The van der Waals surface area contributed by atoms with Gasteiger partial charge in [-0.2, -0.15) is 0 Å². The zero-order chi connectivity index (χ0) is 16.0. The van der Waals surface area contributed by atoms with E-state index >= 15 is 0 Å². The number of amides is 2. The summed E-state index contributed by atoms with van der Waals surface area (Å²) in [6, 6.07) is 7.43. The molecule has 2 amide bonds. The number of carboxylic acids is 1. The molecule has 0 spiro atoms. The van der Waals surface area contributed by atoms with E-state index in [1.807, 2.05) is 38.1 Å². The van der Waals surface area contributed by atoms with Crippen LogP contribution in [0.25, 0.3) is 0 Å². The molecule has 0 radical (unpaired) electrons. The van der Waals surface area contributed by atoms with Crippen LogP contribution in [0.1, 0.15) is 19.4 Å². The highest BCUT2D eigenvalue weighted by molar-refractivity contribution is 9.10. The Morgan fingerprint density at radius 1 is 1.29 bits per heavy atom. The predicted octanol–water partition coefficient (Wildman–Crippen LogP) is 2.95. The molecule has 1 atom stereocenters. The molecule has 6 heteroatoms. The molecular formula is C15H21BrN2O3. The topological polar surface area (TPSA) is 69.6 Å². The van der Waals surface area contributed by atoms with Crippen molar-refractivity contribution < 1.29 is 14.7 Å². The average molecular weight is 357 g/mol. The number of urea groups is 1. The van der Waals surface area contributed by atoms with Crippen molar-refractivity contribution in [3.63, 3.8) is 0 Å². The van der Waals surface area contributed by atoms with Gasteiger partial charge in [-0.05, 0) is 23.6 Å². The minimum absolute atomic E-state index is 0.0282. The molecular weight excluding hydrogens is 336 g/mol. The lowest BCUT2D eigenvalue weighted by atomic mass is 9.96. The van der Waals surface area contributed by atoms with Crippen LogP contribution < -0.4 is 5.32 Å². The number of benzene rings is 1. The van der Waals surface area contributed by atoms with Gasteiger partial charge in [0.1, 0.15) is 0 Å². The van der Waals surface area contributed by atoms with Gasteiger partial charge in [0.25, 0.3) is 0 Å². The van der Waals surface area contributed by atoms with Gasteiger partial charge in [0.2, 0.25) is 0 Å². The van der Waals surface area contributed by atoms with Crippen molar-refractivity contribution in [2.45, 2.75) is 20.4 Å². The lowest BCUT2D eigenvalue weighted by Gasteiger charge is -2.21. The molecule has 1 aromatic rings. The number of nitrogens with zero attached hydrogens (tertiary/aromatic N) is 1. The fourth-order valence-corrected chi connectivity index (χ4v) is 2.14. The Morgan fingerprint density at radius 3 is 2.33 bits per heavy atom. The molecule has 0 saturated carbocycles. The number of aliphatic carboxylic acids is 1. The highest BCUT2D eigenvalue weighted by Gasteiger charge is 2.22. The van der Waals surface area contributed by atoms with Crippen LogP contribution in [0, 0.1) is 11.8 Å². The smallest absolute Gasteiger partial charge is 0.317 e. The largest absolute Gasteiger partial charge is 0.481 e. The van der Waals surface area contributed by atoms with Crippen LogP contribution >= 0.6 is 15.9 Å². The van der Waals surface area contributed by atoms with Gasteiger partial charge in [-0.3, -0.25) is 4.79 Å². The number of hydrogen-bond acceptors (Lipinski definition) is 2. The molecule has 2 N–H and O–H groups in total. The standard InChI is InChI=1S/C15H21BrN2O3/c1-10(2)13(14(19)20)8-17-15(21)18(3)9-11-4-6-12(16)7-5-11/h4-7,10,13H,8-9H2,1-3H3,(H,17,21)(H,19,20). The van der Waals surface area contributed by atoms with Crippen LogP contribution in [0.3, 0.4) is 0 Å². The first-order chi connectivity index (χ1) is 9.81. The third-order valence-electron chi connectivity index (χ3n) is 3.27. The van der Waals surface area contributed by atoms with E-state index in [-0.39, 0.29) is 18.5 Å². The SMILES string of the molecule is CC(C)C(CNC(=O)N(C)Cc1ccc(Br)cc1)C(=O)O. The highest BCUT2D eigenvalue weighted by atomic mass is 79.9. The van der Waals surface area contributed by atoms with Crippen molar-refractivity contribution in [3.8, 4) is 0 Å². The summed E-state index contributed by atoms with van der Waals surface area (Å²) in [5.41, 5.74) is 1.01. The van der Waals surface area contributed by atoms with E-state index in [0.717, 1.165) is 10.0 Å². The summed E-state index contributed by atoms with van der Waals surface area (Å²) < 4.78 is 0.986. The second-order valence-corrected chi connectivity index (χ2v) is 6.27. The molecule has 0 aliphatic carbocycles. The molecule has 0 aromatic heterocycles. The third-order valence-corrected chi connectivity index (χ3v) is 3.80. The molecule has 116 valence electrons. The Kier molecular flexibility index (Phi) is 6.68. The number of halogens is 1. The monoisotopic (exact) mass is 356 g/mol. The second kappa shape index (κ2) is 8.02. The van der Waals surface area contributed by atoms with Crippen LogP contribution in [0.4, 0.5) is 4.79 Å². The molecule has 0 aliphatic rings. The van der Waals surface area contributed by atoms with Crippen molar-refractivity contribution in [2.75, 3.05) is 13.6 Å². The maximum absolute atomic E-state index is 12.0. The van der Waals surface area contributed by atoms with E-state index in [4.69, 9.17) is 5.11 Å². The van der Waals surface area contributed by atoms with Crippen molar-refractivity contribution >= 4 is 27.9 Å². The highest BCUT2D eigenvalue weighted by Crippen LogP contribution is 2.12. The molecule has 0 heterocycles. The molecule has 1 aromatic carbocycles. The van der Waals surface area contributed by atoms with E-state index in [1.165, 1.54) is 4.90 Å². The minimum atomic E-state index is -0.888. The van der Waals surface area contributed by atoms with Crippen LogP contribution in [-0.2, 0) is 11.3 Å². The zero-order valence-electron chi connectivity index (χ0n) is 12.5. The van der Waals surface area contributed by atoms with Crippen LogP contribution in [-0.4, -0.2) is 35.6 Å². The van der Waals surface area contributed by atoms with E-state index in [2.05, 4.69) is 21.2 Å². The van der Waals surface area contributed by atoms with Gasteiger partial charge < -0.3 is 15.3 Å². The summed E-state index contributed by atoms with van der Waals surface area (Å²) in [6.45, 7) is 4.27. The number of carboxylic acid groups (broad SMARTS) is 1. The fourth-order valence-electron chi connectivity index (χ4n) is 1.88. The second-order valence-electron chi connectivity index (χ2n) is 5.36. The molecule has 21 heavy (non-hydrogen) atoms. The van der Waals surface area contributed by atoms with Gasteiger partial charge >= 0.3 is 12.0 Å². The Labute approximate surface area is 133 Å². The van der Waals surface area contributed by atoms with Crippen LogP contribution in [0.15, 0.2) is 28.7 Å². The van der Waals surface area contributed by atoms with Gasteiger partial charge in [0, 0.05) is 24.6 Å². The average Bonchev–Trinajstić information content (AvgIpc) is 2.40. The summed E-state index contributed by atoms with van der Waals surface area (Å²) in [4.78, 5) is 24.6. The fraction of sp³-hybridized carbons (Fsp3) is 0.467. The van der Waals surface area contributed by atoms with E-state index in [1.54, 1.807) is 7.05 Å². The maximum atomic E-state index is 12.0. The third kappa shape index (κ3) is 5.75. The molecule has 0 bridgehead atoms. The van der Waals surface area contributed by atoms with Gasteiger partial charge in [-0.25, -0.2) is 4.79 Å². The number of nitrogens with one attached hydrogen (secondary N) is 1. The number of rotatable bonds is 6. The summed E-state index contributed by atoms with van der Waals surface area (Å²) in [5.74, 6) is -1.49. The molecule has 1 rings (SSSR count). The Bertz CT molecular complexity index is 488. The van der Waals surface area contributed by atoms with E-state index < -0.39 is 11.9 Å².